The Morgan fingerprint density at radius 1 is 1.40 bits per heavy atom. The number of nitrogen functional groups attached to an aromatic ring is 1. The van der Waals surface area contributed by atoms with E-state index >= 15 is 0 Å². The molecule has 0 aliphatic carbocycles. The maximum absolute atomic E-state index is 5.72. The molecule has 0 bridgehead atoms. The van der Waals surface area contributed by atoms with Crippen LogP contribution in [0.15, 0.2) is 23.0 Å². The second-order valence-electron chi connectivity index (χ2n) is 3.26. The number of hydrogen-bond acceptors (Lipinski definition) is 5. The standard InChI is InChI=1S/C10H12N4O/c1-2-3-8-9(15-14-10(8)11)7-4-5-12-13-6-7/h4-6H,2-3H2,1H3,(H2,11,14). The number of anilines is 1. The zero-order valence-corrected chi connectivity index (χ0v) is 8.47. The van der Waals surface area contributed by atoms with E-state index in [0.717, 1.165) is 24.0 Å². The minimum Gasteiger partial charge on any atom is -0.381 e. The largest absolute Gasteiger partial charge is 0.381 e. The highest BCUT2D eigenvalue weighted by Gasteiger charge is 2.14. The molecule has 5 nitrogen and oxygen atoms in total. The van der Waals surface area contributed by atoms with Crippen LogP contribution in [-0.2, 0) is 6.42 Å². The van der Waals surface area contributed by atoms with Crippen molar-refractivity contribution in [2.45, 2.75) is 19.8 Å². The Morgan fingerprint density at radius 2 is 2.27 bits per heavy atom. The van der Waals surface area contributed by atoms with Crippen molar-refractivity contribution >= 4 is 5.82 Å². The fourth-order valence-corrected chi connectivity index (χ4v) is 1.46. The van der Waals surface area contributed by atoms with Crippen LogP contribution in [0.5, 0.6) is 0 Å². The Balaban J connectivity index is 2.44. The SMILES string of the molecule is CCCc1c(N)noc1-c1ccnnc1. The fraction of sp³-hybridized carbons (Fsp3) is 0.300. The summed E-state index contributed by atoms with van der Waals surface area (Å²) in [4.78, 5) is 0. The predicted octanol–water partition coefficient (Wildman–Crippen LogP) is 1.67. The van der Waals surface area contributed by atoms with Crippen molar-refractivity contribution in [3.05, 3.63) is 24.0 Å². The van der Waals surface area contributed by atoms with Crippen molar-refractivity contribution in [1.29, 1.82) is 0 Å². The summed E-state index contributed by atoms with van der Waals surface area (Å²) in [5.41, 5.74) is 7.53. The number of nitrogens with zero attached hydrogens (tertiary/aromatic N) is 3. The van der Waals surface area contributed by atoms with Gasteiger partial charge in [-0.15, -0.1) is 0 Å². The monoisotopic (exact) mass is 204 g/mol. The third kappa shape index (κ3) is 1.81. The zero-order valence-electron chi connectivity index (χ0n) is 8.47. The zero-order chi connectivity index (χ0) is 10.7. The molecule has 0 radical (unpaired) electrons. The molecule has 0 atom stereocenters. The first kappa shape index (κ1) is 9.64. The van der Waals surface area contributed by atoms with E-state index in [4.69, 9.17) is 10.3 Å². The van der Waals surface area contributed by atoms with Crippen molar-refractivity contribution in [1.82, 2.24) is 15.4 Å². The molecule has 0 saturated carbocycles. The summed E-state index contributed by atoms with van der Waals surface area (Å²) in [5.74, 6) is 1.16. The minimum atomic E-state index is 0.462. The Bertz CT molecular complexity index is 438. The third-order valence-corrected chi connectivity index (χ3v) is 2.16. The topological polar surface area (TPSA) is 77.8 Å². The van der Waals surface area contributed by atoms with Crippen molar-refractivity contribution in [3.63, 3.8) is 0 Å². The molecular weight excluding hydrogens is 192 g/mol. The van der Waals surface area contributed by atoms with Gasteiger partial charge in [0.05, 0.1) is 12.4 Å². The average Bonchev–Trinajstić information content (AvgIpc) is 2.63. The number of nitrogens with two attached hydrogens (primary N) is 1. The highest BCUT2D eigenvalue weighted by Crippen LogP contribution is 2.27. The van der Waals surface area contributed by atoms with Gasteiger partial charge in [0, 0.05) is 11.1 Å². The Labute approximate surface area is 87.3 Å². The van der Waals surface area contributed by atoms with E-state index in [1.807, 2.05) is 6.07 Å². The van der Waals surface area contributed by atoms with Crippen molar-refractivity contribution in [2.75, 3.05) is 5.73 Å². The molecule has 5 heteroatoms. The van der Waals surface area contributed by atoms with E-state index in [1.165, 1.54) is 0 Å². The molecule has 0 amide bonds. The van der Waals surface area contributed by atoms with E-state index in [1.54, 1.807) is 12.4 Å². The summed E-state index contributed by atoms with van der Waals surface area (Å²) in [5, 5.41) is 11.3. The third-order valence-electron chi connectivity index (χ3n) is 2.16. The quantitative estimate of drug-likeness (QED) is 0.822. The molecule has 2 aromatic rings. The van der Waals surface area contributed by atoms with Crippen LogP contribution in [0.1, 0.15) is 18.9 Å². The van der Waals surface area contributed by atoms with Gasteiger partial charge >= 0.3 is 0 Å². The van der Waals surface area contributed by atoms with Crippen LogP contribution < -0.4 is 5.73 Å². The first-order valence-corrected chi connectivity index (χ1v) is 4.84. The smallest absolute Gasteiger partial charge is 0.173 e. The molecule has 0 saturated heterocycles. The van der Waals surface area contributed by atoms with Gasteiger partial charge < -0.3 is 10.3 Å². The Hall–Kier alpha value is -1.91. The van der Waals surface area contributed by atoms with E-state index in [0.29, 0.717) is 11.6 Å². The van der Waals surface area contributed by atoms with Gasteiger partial charge in [-0.3, -0.25) is 0 Å². The lowest BCUT2D eigenvalue weighted by atomic mass is 10.1. The van der Waals surface area contributed by atoms with Gasteiger partial charge in [0.15, 0.2) is 11.6 Å². The van der Waals surface area contributed by atoms with Gasteiger partial charge in [0.2, 0.25) is 0 Å². The molecule has 15 heavy (non-hydrogen) atoms. The lowest BCUT2D eigenvalue weighted by Crippen LogP contribution is -1.93. The molecule has 2 rings (SSSR count). The molecule has 2 aromatic heterocycles. The molecular formula is C10H12N4O. The van der Waals surface area contributed by atoms with Gasteiger partial charge in [-0.2, -0.15) is 10.2 Å². The second kappa shape index (κ2) is 4.08. The number of aromatic nitrogens is 3. The fourth-order valence-electron chi connectivity index (χ4n) is 1.46. The summed E-state index contributed by atoms with van der Waals surface area (Å²) >= 11 is 0. The van der Waals surface area contributed by atoms with E-state index in [2.05, 4.69) is 22.3 Å². The summed E-state index contributed by atoms with van der Waals surface area (Å²) in [6.07, 6.45) is 5.10. The van der Waals surface area contributed by atoms with Crippen LogP contribution in [0.3, 0.4) is 0 Å². The van der Waals surface area contributed by atoms with Crippen LogP contribution in [0.2, 0.25) is 0 Å². The minimum absolute atomic E-state index is 0.462. The maximum Gasteiger partial charge on any atom is 0.173 e. The molecule has 0 spiro atoms. The van der Waals surface area contributed by atoms with E-state index < -0.39 is 0 Å². The highest BCUT2D eigenvalue weighted by molar-refractivity contribution is 5.64. The first-order valence-electron chi connectivity index (χ1n) is 4.84. The molecule has 0 aliphatic rings. The molecule has 0 aromatic carbocycles. The molecule has 0 fully saturated rings. The van der Waals surface area contributed by atoms with Crippen LogP contribution >= 0.6 is 0 Å². The first-order chi connectivity index (χ1) is 7.33. The summed E-state index contributed by atoms with van der Waals surface area (Å²) in [7, 11) is 0. The normalized spacial score (nSPS) is 10.5. The highest BCUT2D eigenvalue weighted by atomic mass is 16.5. The van der Waals surface area contributed by atoms with Crippen LogP contribution in [-0.4, -0.2) is 15.4 Å². The number of hydrogen-bond donors (Lipinski definition) is 1. The van der Waals surface area contributed by atoms with Crippen LogP contribution in [0, 0.1) is 0 Å². The van der Waals surface area contributed by atoms with E-state index in [9.17, 15) is 0 Å². The lowest BCUT2D eigenvalue weighted by Gasteiger charge is -1.98. The van der Waals surface area contributed by atoms with Gasteiger partial charge in [-0.05, 0) is 12.5 Å². The molecule has 2 heterocycles. The number of rotatable bonds is 3. The molecule has 0 aliphatic heterocycles. The molecule has 2 N–H and O–H groups in total. The van der Waals surface area contributed by atoms with Crippen LogP contribution in [0.25, 0.3) is 11.3 Å². The van der Waals surface area contributed by atoms with Crippen molar-refractivity contribution in [2.24, 2.45) is 0 Å². The maximum atomic E-state index is 5.72. The summed E-state index contributed by atoms with van der Waals surface area (Å²) in [6.45, 7) is 2.08. The van der Waals surface area contributed by atoms with Gasteiger partial charge in [0.1, 0.15) is 0 Å². The van der Waals surface area contributed by atoms with E-state index in [-0.39, 0.29) is 0 Å². The van der Waals surface area contributed by atoms with Gasteiger partial charge in [-0.1, -0.05) is 18.5 Å². The van der Waals surface area contributed by atoms with Crippen molar-refractivity contribution < 1.29 is 4.52 Å². The molecule has 78 valence electrons. The Morgan fingerprint density at radius 3 is 2.93 bits per heavy atom. The van der Waals surface area contributed by atoms with Gasteiger partial charge in [-0.25, -0.2) is 0 Å². The van der Waals surface area contributed by atoms with Gasteiger partial charge in [0.25, 0.3) is 0 Å². The summed E-state index contributed by atoms with van der Waals surface area (Å²) in [6, 6.07) is 1.83. The van der Waals surface area contributed by atoms with Crippen molar-refractivity contribution in [3.8, 4) is 11.3 Å². The average molecular weight is 204 g/mol. The Kier molecular flexibility index (Phi) is 2.62. The summed E-state index contributed by atoms with van der Waals surface area (Å²) < 4.78 is 5.19. The second-order valence-corrected chi connectivity index (χ2v) is 3.26. The lowest BCUT2D eigenvalue weighted by molar-refractivity contribution is 0.434. The predicted molar refractivity (Wildman–Crippen MR) is 55.9 cm³/mol. The molecule has 0 unspecified atom stereocenters. The van der Waals surface area contributed by atoms with Crippen LogP contribution in [0.4, 0.5) is 5.82 Å².